The van der Waals surface area contributed by atoms with E-state index in [0.29, 0.717) is 5.91 Å². The maximum absolute atomic E-state index is 12.7. The summed E-state index contributed by atoms with van der Waals surface area (Å²) in [6.07, 6.45) is 5.53. The first-order valence-corrected chi connectivity index (χ1v) is 11.0. The van der Waals surface area contributed by atoms with Gasteiger partial charge in [-0.3, -0.25) is 9.79 Å². The molecule has 0 radical (unpaired) electrons. The number of hydrogen-bond donors (Lipinski definition) is 2. The average molecular weight is 400 g/mol. The summed E-state index contributed by atoms with van der Waals surface area (Å²) in [7, 11) is 6.01. The topological polar surface area (TPSA) is 60.0 Å². The Morgan fingerprint density at radius 2 is 1.90 bits per heavy atom. The van der Waals surface area contributed by atoms with Crippen LogP contribution in [0.2, 0.25) is 0 Å². The summed E-state index contributed by atoms with van der Waals surface area (Å²) in [5.41, 5.74) is 2.56. The smallest absolute Gasteiger partial charge is 0.225 e. The van der Waals surface area contributed by atoms with Crippen molar-refractivity contribution in [3.63, 3.8) is 0 Å². The molecule has 1 amide bonds. The van der Waals surface area contributed by atoms with Crippen molar-refractivity contribution in [2.45, 2.75) is 51.1 Å². The van der Waals surface area contributed by atoms with Gasteiger partial charge in [-0.2, -0.15) is 0 Å². The van der Waals surface area contributed by atoms with Crippen molar-refractivity contribution in [1.82, 2.24) is 20.4 Å². The number of aryl methyl sites for hydroxylation is 1. The predicted octanol–water partition coefficient (Wildman–Crippen LogP) is 2.55. The molecule has 3 rings (SSSR count). The Labute approximate surface area is 175 Å². The molecule has 1 aromatic rings. The van der Waals surface area contributed by atoms with Crippen LogP contribution in [0.1, 0.15) is 49.3 Å². The Hall–Kier alpha value is -2.08. The minimum atomic E-state index is 0.262. The molecule has 2 fully saturated rings. The summed E-state index contributed by atoms with van der Waals surface area (Å²) in [6.45, 7) is 4.52. The van der Waals surface area contributed by atoms with E-state index in [2.05, 4.69) is 70.7 Å². The molecule has 1 aliphatic heterocycles. The quantitative estimate of drug-likeness (QED) is 0.570. The molecule has 6 nitrogen and oxygen atoms in total. The van der Waals surface area contributed by atoms with Crippen molar-refractivity contribution < 1.29 is 4.79 Å². The maximum Gasteiger partial charge on any atom is 0.225 e. The van der Waals surface area contributed by atoms with Crippen molar-refractivity contribution in [2.24, 2.45) is 10.9 Å². The zero-order valence-electron chi connectivity index (χ0n) is 18.4. The lowest BCUT2D eigenvalue weighted by molar-refractivity contribution is -0.134. The van der Waals surface area contributed by atoms with E-state index in [1.807, 2.05) is 7.05 Å². The summed E-state index contributed by atoms with van der Waals surface area (Å²) >= 11 is 0. The molecule has 1 heterocycles. The Balaban J connectivity index is 1.51. The minimum absolute atomic E-state index is 0.262. The number of aliphatic imine (C=N–C) groups is 1. The van der Waals surface area contributed by atoms with E-state index in [4.69, 9.17) is 0 Å². The van der Waals surface area contributed by atoms with Crippen LogP contribution in [0.3, 0.4) is 0 Å². The van der Waals surface area contributed by atoms with Crippen molar-refractivity contribution in [3.8, 4) is 0 Å². The molecule has 0 spiro atoms. The predicted molar refractivity (Wildman–Crippen MR) is 119 cm³/mol. The zero-order chi connectivity index (χ0) is 20.8. The van der Waals surface area contributed by atoms with Crippen LogP contribution < -0.4 is 10.6 Å². The molecule has 1 saturated heterocycles. The lowest BCUT2D eigenvalue weighted by Crippen LogP contribution is -2.47. The summed E-state index contributed by atoms with van der Waals surface area (Å²) in [5.74, 6) is 1.44. The molecule has 2 aliphatic rings. The van der Waals surface area contributed by atoms with E-state index >= 15 is 0 Å². The number of benzene rings is 1. The molecule has 6 heteroatoms. The Bertz CT molecular complexity index is 694. The third kappa shape index (κ3) is 5.72. The maximum atomic E-state index is 12.7. The lowest BCUT2D eigenvalue weighted by Gasteiger charge is -2.27. The highest BCUT2D eigenvalue weighted by molar-refractivity contribution is 5.81. The number of likely N-dealkylation sites (N-methyl/N-ethyl adjacent to an activating group) is 1. The zero-order valence-corrected chi connectivity index (χ0v) is 18.4. The number of carbonyl (C=O) groups excluding carboxylic acids is 1. The highest BCUT2D eigenvalue weighted by Crippen LogP contribution is 2.27. The SMILES string of the molecule is CN=C(NCC(c1ccc(C)cc1)N(C)C)NC1CCN(C(=O)C2CCCC2)C1. The number of amides is 1. The lowest BCUT2D eigenvalue weighted by atomic mass is 10.0. The average Bonchev–Trinajstić information content (AvgIpc) is 3.40. The number of guanidine groups is 1. The number of nitrogens with one attached hydrogen (secondary N) is 2. The molecule has 0 bridgehead atoms. The van der Waals surface area contributed by atoms with Gasteiger partial charge in [0.1, 0.15) is 0 Å². The number of hydrogen-bond acceptors (Lipinski definition) is 3. The third-order valence-electron chi connectivity index (χ3n) is 6.32. The van der Waals surface area contributed by atoms with Crippen LogP contribution in [0.5, 0.6) is 0 Å². The monoisotopic (exact) mass is 399 g/mol. The summed E-state index contributed by atoms with van der Waals surface area (Å²) in [6, 6.07) is 9.24. The first-order valence-electron chi connectivity index (χ1n) is 11.0. The molecule has 2 atom stereocenters. The van der Waals surface area contributed by atoms with E-state index < -0.39 is 0 Å². The molecule has 1 saturated carbocycles. The van der Waals surface area contributed by atoms with E-state index in [-0.39, 0.29) is 18.0 Å². The fraction of sp³-hybridized carbons (Fsp3) is 0.652. The van der Waals surface area contributed by atoms with Gasteiger partial charge in [-0.1, -0.05) is 42.7 Å². The first kappa shape index (κ1) is 21.6. The number of nitrogens with zero attached hydrogens (tertiary/aromatic N) is 3. The summed E-state index contributed by atoms with van der Waals surface area (Å²) in [5, 5.41) is 7.01. The highest BCUT2D eigenvalue weighted by Gasteiger charge is 2.32. The van der Waals surface area contributed by atoms with Gasteiger partial charge in [-0.05, 0) is 45.8 Å². The van der Waals surface area contributed by atoms with Crippen LogP contribution in [0.4, 0.5) is 0 Å². The van der Waals surface area contributed by atoms with Crippen LogP contribution in [0.15, 0.2) is 29.3 Å². The second-order valence-corrected chi connectivity index (χ2v) is 8.74. The van der Waals surface area contributed by atoms with Gasteiger partial charge in [0, 0.05) is 38.6 Å². The molecule has 1 aliphatic carbocycles. The van der Waals surface area contributed by atoms with E-state index in [1.54, 1.807) is 0 Å². The first-order chi connectivity index (χ1) is 14.0. The van der Waals surface area contributed by atoms with Gasteiger partial charge in [-0.25, -0.2) is 0 Å². The van der Waals surface area contributed by atoms with Crippen LogP contribution in [0, 0.1) is 12.8 Å². The standard InChI is InChI=1S/C23H37N5O/c1-17-9-11-18(12-10-17)21(27(3)4)15-25-23(24-2)26-20-13-14-28(16-20)22(29)19-7-5-6-8-19/h9-12,19-21H,5-8,13-16H2,1-4H3,(H2,24,25,26). The number of rotatable bonds is 6. The fourth-order valence-electron chi connectivity index (χ4n) is 4.48. The molecular formula is C23H37N5O. The van der Waals surface area contributed by atoms with E-state index in [0.717, 1.165) is 44.9 Å². The van der Waals surface area contributed by atoms with Gasteiger partial charge in [0.25, 0.3) is 0 Å². The van der Waals surface area contributed by atoms with Crippen molar-refractivity contribution in [2.75, 3.05) is 40.8 Å². The second-order valence-electron chi connectivity index (χ2n) is 8.74. The van der Waals surface area contributed by atoms with Crippen molar-refractivity contribution in [3.05, 3.63) is 35.4 Å². The number of likely N-dealkylation sites (tertiary alicyclic amines) is 1. The number of carbonyl (C=O) groups is 1. The van der Waals surface area contributed by atoms with Crippen LogP contribution in [-0.4, -0.2) is 68.5 Å². The van der Waals surface area contributed by atoms with Crippen LogP contribution in [-0.2, 0) is 4.79 Å². The van der Waals surface area contributed by atoms with Crippen molar-refractivity contribution in [1.29, 1.82) is 0 Å². The van der Waals surface area contributed by atoms with Gasteiger partial charge in [0.2, 0.25) is 5.91 Å². The van der Waals surface area contributed by atoms with Gasteiger partial charge in [0.05, 0.1) is 6.04 Å². The Morgan fingerprint density at radius 3 is 2.52 bits per heavy atom. The van der Waals surface area contributed by atoms with Gasteiger partial charge >= 0.3 is 0 Å². The Morgan fingerprint density at radius 1 is 1.21 bits per heavy atom. The van der Waals surface area contributed by atoms with Gasteiger partial charge in [0.15, 0.2) is 5.96 Å². The molecule has 1 aromatic carbocycles. The van der Waals surface area contributed by atoms with Crippen molar-refractivity contribution >= 4 is 11.9 Å². The van der Waals surface area contributed by atoms with Gasteiger partial charge in [-0.15, -0.1) is 0 Å². The molecular weight excluding hydrogens is 362 g/mol. The molecule has 2 N–H and O–H groups in total. The summed E-state index contributed by atoms with van der Waals surface area (Å²) < 4.78 is 0. The second kappa shape index (κ2) is 10.1. The minimum Gasteiger partial charge on any atom is -0.354 e. The third-order valence-corrected chi connectivity index (χ3v) is 6.32. The van der Waals surface area contributed by atoms with Crippen LogP contribution >= 0.6 is 0 Å². The highest BCUT2D eigenvalue weighted by atomic mass is 16.2. The van der Waals surface area contributed by atoms with Gasteiger partial charge < -0.3 is 20.4 Å². The van der Waals surface area contributed by atoms with Crippen LogP contribution in [0.25, 0.3) is 0 Å². The normalized spacial score (nSPS) is 21.6. The molecule has 2 unspecified atom stereocenters. The molecule has 29 heavy (non-hydrogen) atoms. The fourth-order valence-corrected chi connectivity index (χ4v) is 4.48. The van der Waals surface area contributed by atoms with E-state index in [9.17, 15) is 4.79 Å². The summed E-state index contributed by atoms with van der Waals surface area (Å²) in [4.78, 5) is 21.4. The Kier molecular flexibility index (Phi) is 7.53. The molecule has 0 aromatic heterocycles. The molecule has 160 valence electrons. The van der Waals surface area contributed by atoms with E-state index in [1.165, 1.54) is 24.0 Å². The largest absolute Gasteiger partial charge is 0.354 e.